The van der Waals surface area contributed by atoms with E-state index in [9.17, 15) is 4.39 Å². The number of aryl methyl sites for hydroxylation is 1. The van der Waals surface area contributed by atoms with Crippen LogP contribution in [0.2, 0.25) is 0 Å². The molecule has 0 aromatic heterocycles. The highest BCUT2D eigenvalue weighted by atomic mass is 127. The minimum atomic E-state index is -0.298. The summed E-state index contributed by atoms with van der Waals surface area (Å²) in [5.74, 6) is -0.298. The number of hydrogen-bond donors (Lipinski definition) is 1. The zero-order valence-corrected chi connectivity index (χ0v) is 8.22. The van der Waals surface area contributed by atoms with Gasteiger partial charge in [-0.2, -0.15) is 0 Å². The van der Waals surface area contributed by atoms with Crippen LogP contribution >= 0.6 is 22.6 Å². The molecule has 1 aromatic rings. The Labute approximate surface area is 78.4 Å². The van der Waals surface area contributed by atoms with Gasteiger partial charge in [-0.25, -0.2) is 4.39 Å². The van der Waals surface area contributed by atoms with Crippen LogP contribution in [0.15, 0.2) is 12.1 Å². The lowest BCUT2D eigenvalue weighted by molar-refractivity contribution is 0.275. The van der Waals surface area contributed by atoms with Gasteiger partial charge in [-0.05, 0) is 47.2 Å². The molecule has 1 aromatic carbocycles. The lowest BCUT2D eigenvalue weighted by atomic mass is 10.1. The second-order valence-electron chi connectivity index (χ2n) is 2.35. The molecule has 0 saturated heterocycles. The van der Waals surface area contributed by atoms with Crippen molar-refractivity contribution in [3.8, 4) is 0 Å². The van der Waals surface area contributed by atoms with E-state index in [2.05, 4.69) is 22.6 Å². The van der Waals surface area contributed by atoms with Crippen LogP contribution in [-0.2, 0) is 6.61 Å². The highest BCUT2D eigenvalue weighted by Crippen LogP contribution is 2.16. The molecule has 1 rings (SSSR count). The van der Waals surface area contributed by atoms with Gasteiger partial charge in [0.2, 0.25) is 0 Å². The second-order valence-corrected chi connectivity index (χ2v) is 3.60. The normalized spacial score (nSPS) is 10.2. The first-order valence-electron chi connectivity index (χ1n) is 3.20. The van der Waals surface area contributed by atoms with E-state index < -0.39 is 0 Å². The molecule has 0 heterocycles. The Bertz CT molecular complexity index is 273. The van der Waals surface area contributed by atoms with Crippen molar-refractivity contribution in [1.29, 1.82) is 0 Å². The molecular weight excluding hydrogens is 258 g/mol. The molecular formula is C8H8FIO. The van der Waals surface area contributed by atoms with Gasteiger partial charge in [-0.1, -0.05) is 0 Å². The Balaban J connectivity index is 3.24. The second kappa shape index (κ2) is 3.49. The minimum Gasteiger partial charge on any atom is -0.392 e. The summed E-state index contributed by atoms with van der Waals surface area (Å²) in [5, 5.41) is 8.72. The van der Waals surface area contributed by atoms with Crippen LogP contribution in [-0.4, -0.2) is 5.11 Å². The van der Waals surface area contributed by atoms with Crippen molar-refractivity contribution in [1.82, 2.24) is 0 Å². The quantitative estimate of drug-likeness (QED) is 0.773. The van der Waals surface area contributed by atoms with Crippen LogP contribution in [0.25, 0.3) is 0 Å². The molecule has 0 atom stereocenters. The third kappa shape index (κ3) is 1.90. The lowest BCUT2D eigenvalue weighted by Gasteiger charge is -2.02. The summed E-state index contributed by atoms with van der Waals surface area (Å²) < 4.78 is 14.0. The van der Waals surface area contributed by atoms with Gasteiger partial charge in [0.05, 0.1) is 6.61 Å². The molecule has 0 aliphatic heterocycles. The number of halogens is 2. The summed E-state index contributed by atoms with van der Waals surface area (Å²) >= 11 is 2.09. The third-order valence-electron chi connectivity index (χ3n) is 1.46. The van der Waals surface area contributed by atoms with Crippen molar-refractivity contribution in [2.24, 2.45) is 0 Å². The number of hydrogen-bond acceptors (Lipinski definition) is 1. The number of aliphatic hydroxyl groups excluding tert-OH is 1. The fourth-order valence-electron chi connectivity index (χ4n) is 0.910. The lowest BCUT2D eigenvalue weighted by Crippen LogP contribution is -1.93. The fraction of sp³-hybridized carbons (Fsp3) is 0.250. The van der Waals surface area contributed by atoms with Gasteiger partial charge >= 0.3 is 0 Å². The van der Waals surface area contributed by atoms with E-state index in [1.54, 1.807) is 19.1 Å². The molecule has 0 aliphatic rings. The van der Waals surface area contributed by atoms with E-state index in [4.69, 9.17) is 5.11 Å². The van der Waals surface area contributed by atoms with E-state index in [1.807, 2.05) is 0 Å². The summed E-state index contributed by atoms with van der Waals surface area (Å²) in [6, 6.07) is 3.39. The molecule has 11 heavy (non-hydrogen) atoms. The fourth-order valence-corrected chi connectivity index (χ4v) is 1.75. The molecule has 1 nitrogen and oxygen atoms in total. The summed E-state index contributed by atoms with van der Waals surface area (Å²) in [6.07, 6.45) is 0. The van der Waals surface area contributed by atoms with Crippen LogP contribution in [0.4, 0.5) is 4.39 Å². The van der Waals surface area contributed by atoms with E-state index in [-0.39, 0.29) is 12.4 Å². The maximum atomic E-state index is 13.0. The summed E-state index contributed by atoms with van der Waals surface area (Å²) in [7, 11) is 0. The molecule has 0 bridgehead atoms. The Morgan fingerprint density at radius 3 is 2.73 bits per heavy atom. The predicted octanol–water partition coefficient (Wildman–Crippen LogP) is 2.23. The molecule has 0 fully saturated rings. The minimum absolute atomic E-state index is 0.233. The van der Waals surface area contributed by atoms with Gasteiger partial charge in [0.1, 0.15) is 5.82 Å². The number of aliphatic hydroxyl groups is 1. The Hall–Kier alpha value is -0.160. The third-order valence-corrected chi connectivity index (χ3v) is 2.09. The largest absolute Gasteiger partial charge is 0.392 e. The van der Waals surface area contributed by atoms with Gasteiger partial charge in [0, 0.05) is 9.13 Å². The molecule has 1 N–H and O–H groups in total. The molecule has 0 aliphatic carbocycles. The van der Waals surface area contributed by atoms with Crippen LogP contribution < -0.4 is 0 Å². The maximum absolute atomic E-state index is 13.0. The number of benzene rings is 1. The molecule has 0 spiro atoms. The van der Waals surface area contributed by atoms with Crippen LogP contribution in [0, 0.1) is 16.3 Å². The molecule has 3 heteroatoms. The first-order chi connectivity index (χ1) is 5.15. The summed E-state index contributed by atoms with van der Waals surface area (Å²) in [4.78, 5) is 0. The molecule has 60 valence electrons. The van der Waals surface area contributed by atoms with Gasteiger partial charge in [0.15, 0.2) is 0 Å². The average molecular weight is 266 g/mol. The Kier molecular flexibility index (Phi) is 2.84. The van der Waals surface area contributed by atoms with Crippen molar-refractivity contribution >= 4 is 22.6 Å². The van der Waals surface area contributed by atoms with Crippen LogP contribution in [0.3, 0.4) is 0 Å². The summed E-state index contributed by atoms with van der Waals surface area (Å²) in [6.45, 7) is 1.46. The highest BCUT2D eigenvalue weighted by Gasteiger charge is 2.04. The molecule has 0 unspecified atom stereocenters. The Morgan fingerprint density at radius 1 is 1.55 bits per heavy atom. The van der Waals surface area contributed by atoms with Crippen LogP contribution in [0.1, 0.15) is 11.1 Å². The first-order valence-corrected chi connectivity index (χ1v) is 4.28. The average Bonchev–Trinajstić information content (AvgIpc) is 1.96. The van der Waals surface area contributed by atoms with Crippen LogP contribution in [0.5, 0.6) is 0 Å². The summed E-state index contributed by atoms with van der Waals surface area (Å²) in [5.41, 5.74) is 0.954. The first kappa shape index (κ1) is 8.93. The highest BCUT2D eigenvalue weighted by molar-refractivity contribution is 14.1. The molecule has 0 amide bonds. The SMILES string of the molecule is Cc1cc(I)cc(CO)c1F. The van der Waals surface area contributed by atoms with Gasteiger partial charge in [-0.15, -0.1) is 0 Å². The van der Waals surface area contributed by atoms with Gasteiger partial charge < -0.3 is 5.11 Å². The topological polar surface area (TPSA) is 20.2 Å². The van der Waals surface area contributed by atoms with Crippen molar-refractivity contribution < 1.29 is 9.50 Å². The standard InChI is InChI=1S/C8H8FIO/c1-5-2-7(10)3-6(4-11)8(5)9/h2-3,11H,4H2,1H3. The predicted molar refractivity (Wildman–Crippen MR) is 49.8 cm³/mol. The smallest absolute Gasteiger partial charge is 0.131 e. The van der Waals surface area contributed by atoms with E-state index in [0.29, 0.717) is 11.1 Å². The zero-order valence-electron chi connectivity index (χ0n) is 6.06. The van der Waals surface area contributed by atoms with E-state index in [0.717, 1.165) is 3.57 Å². The number of rotatable bonds is 1. The van der Waals surface area contributed by atoms with Crippen molar-refractivity contribution in [2.75, 3.05) is 0 Å². The molecule has 0 radical (unpaired) electrons. The Morgan fingerprint density at radius 2 is 2.18 bits per heavy atom. The van der Waals surface area contributed by atoms with Gasteiger partial charge in [-0.3, -0.25) is 0 Å². The maximum Gasteiger partial charge on any atom is 0.131 e. The molecule has 0 saturated carbocycles. The van der Waals surface area contributed by atoms with Crippen molar-refractivity contribution in [3.05, 3.63) is 32.6 Å². The van der Waals surface area contributed by atoms with E-state index >= 15 is 0 Å². The van der Waals surface area contributed by atoms with Gasteiger partial charge in [0.25, 0.3) is 0 Å². The van der Waals surface area contributed by atoms with E-state index in [1.165, 1.54) is 0 Å². The van der Waals surface area contributed by atoms with Crippen molar-refractivity contribution in [3.63, 3.8) is 0 Å². The zero-order chi connectivity index (χ0) is 8.43. The van der Waals surface area contributed by atoms with Crippen molar-refractivity contribution in [2.45, 2.75) is 13.5 Å². The monoisotopic (exact) mass is 266 g/mol.